The highest BCUT2D eigenvalue weighted by atomic mass is 19.3. The molecule has 2 aromatic carbocycles. The normalized spacial score (nSPS) is 10.9. The minimum Gasteiger partial charge on any atom is -0.435 e. The first kappa shape index (κ1) is 23.7. The SMILES string of the molecule is Cc1nc(-c2cccnc2)[nH]c(=O)c1CC(=O)Nc1ccc(OC(F)F)c(Cc2ccccc2)c1. The van der Waals surface area contributed by atoms with Crippen LogP contribution in [0.1, 0.15) is 22.4 Å². The highest BCUT2D eigenvalue weighted by Crippen LogP contribution is 2.27. The molecule has 0 spiro atoms. The average Bonchev–Trinajstić information content (AvgIpc) is 2.84. The number of aromatic nitrogens is 3. The minimum atomic E-state index is -2.97. The van der Waals surface area contributed by atoms with Crippen molar-refractivity contribution in [3.05, 3.63) is 106 Å². The third kappa shape index (κ3) is 6.14. The number of aromatic amines is 1. The molecular weight excluding hydrogens is 454 g/mol. The second-order valence-electron chi connectivity index (χ2n) is 7.81. The van der Waals surface area contributed by atoms with Crippen molar-refractivity contribution in [2.24, 2.45) is 0 Å². The summed E-state index contributed by atoms with van der Waals surface area (Å²) < 4.78 is 30.4. The number of ether oxygens (including phenoxy) is 1. The molecule has 0 aliphatic heterocycles. The summed E-state index contributed by atoms with van der Waals surface area (Å²) in [5.74, 6) is -0.0445. The predicted molar refractivity (Wildman–Crippen MR) is 127 cm³/mol. The number of aryl methyl sites for hydroxylation is 1. The van der Waals surface area contributed by atoms with E-state index in [1.54, 1.807) is 37.5 Å². The minimum absolute atomic E-state index is 0.0318. The number of hydrogen-bond donors (Lipinski definition) is 2. The molecule has 0 bridgehead atoms. The van der Waals surface area contributed by atoms with Crippen LogP contribution in [0.3, 0.4) is 0 Å². The number of halogens is 2. The third-order valence-corrected chi connectivity index (χ3v) is 5.29. The van der Waals surface area contributed by atoms with Crippen LogP contribution in [0.2, 0.25) is 0 Å². The number of alkyl halides is 2. The van der Waals surface area contributed by atoms with Gasteiger partial charge in [-0.2, -0.15) is 8.78 Å². The number of H-pyrrole nitrogens is 1. The molecule has 0 saturated heterocycles. The Morgan fingerprint density at radius 3 is 2.60 bits per heavy atom. The number of benzene rings is 2. The Bertz CT molecular complexity index is 1380. The maximum Gasteiger partial charge on any atom is 0.387 e. The van der Waals surface area contributed by atoms with Gasteiger partial charge in [-0.25, -0.2) is 4.98 Å². The van der Waals surface area contributed by atoms with E-state index in [-0.39, 0.29) is 17.7 Å². The van der Waals surface area contributed by atoms with Crippen molar-refractivity contribution in [2.75, 3.05) is 5.32 Å². The molecule has 0 aliphatic carbocycles. The van der Waals surface area contributed by atoms with Gasteiger partial charge in [0.25, 0.3) is 5.56 Å². The number of carbonyl (C=O) groups excluding carboxylic acids is 1. The number of nitrogens with one attached hydrogen (secondary N) is 2. The molecule has 0 aliphatic rings. The van der Waals surface area contributed by atoms with Crippen molar-refractivity contribution in [3.63, 3.8) is 0 Å². The van der Waals surface area contributed by atoms with Crippen LogP contribution >= 0.6 is 0 Å². The van der Waals surface area contributed by atoms with Gasteiger partial charge in [-0.3, -0.25) is 14.6 Å². The first-order valence-electron chi connectivity index (χ1n) is 10.8. The maximum absolute atomic E-state index is 12.9. The lowest BCUT2D eigenvalue weighted by Crippen LogP contribution is -2.24. The van der Waals surface area contributed by atoms with Crippen LogP contribution in [0.15, 0.2) is 77.9 Å². The van der Waals surface area contributed by atoms with Gasteiger partial charge in [0.15, 0.2) is 0 Å². The highest BCUT2D eigenvalue weighted by molar-refractivity contribution is 5.92. The Balaban J connectivity index is 1.53. The Morgan fingerprint density at radius 2 is 1.91 bits per heavy atom. The summed E-state index contributed by atoms with van der Waals surface area (Å²) in [4.78, 5) is 36.5. The second kappa shape index (κ2) is 10.7. The fourth-order valence-corrected chi connectivity index (χ4v) is 3.65. The molecule has 4 aromatic rings. The molecule has 2 heterocycles. The zero-order valence-corrected chi connectivity index (χ0v) is 18.8. The summed E-state index contributed by atoms with van der Waals surface area (Å²) in [6, 6.07) is 17.3. The largest absolute Gasteiger partial charge is 0.435 e. The molecule has 2 N–H and O–H groups in total. The van der Waals surface area contributed by atoms with Crippen LogP contribution in [0.25, 0.3) is 11.4 Å². The maximum atomic E-state index is 12.9. The zero-order valence-electron chi connectivity index (χ0n) is 18.8. The van der Waals surface area contributed by atoms with E-state index < -0.39 is 18.1 Å². The van der Waals surface area contributed by atoms with Gasteiger partial charge in [-0.05, 0) is 42.8 Å². The number of nitrogens with zero attached hydrogens (tertiary/aromatic N) is 2. The molecule has 7 nitrogen and oxygen atoms in total. The Labute approximate surface area is 199 Å². The summed E-state index contributed by atoms with van der Waals surface area (Å²) in [6.45, 7) is -1.31. The summed E-state index contributed by atoms with van der Waals surface area (Å²) in [7, 11) is 0. The van der Waals surface area contributed by atoms with Gasteiger partial charge >= 0.3 is 6.61 Å². The first-order chi connectivity index (χ1) is 16.9. The van der Waals surface area contributed by atoms with Crippen molar-refractivity contribution in [2.45, 2.75) is 26.4 Å². The molecule has 0 atom stereocenters. The number of amides is 1. The summed E-state index contributed by atoms with van der Waals surface area (Å²) >= 11 is 0. The van der Waals surface area contributed by atoms with Crippen LogP contribution in [0.4, 0.5) is 14.5 Å². The van der Waals surface area contributed by atoms with E-state index in [0.717, 1.165) is 5.56 Å². The van der Waals surface area contributed by atoms with Gasteiger partial charge in [0, 0.05) is 46.9 Å². The van der Waals surface area contributed by atoms with Crippen molar-refractivity contribution in [1.82, 2.24) is 15.0 Å². The number of anilines is 1. The topological polar surface area (TPSA) is 97.0 Å². The van der Waals surface area contributed by atoms with Crippen LogP contribution in [0, 0.1) is 6.92 Å². The molecule has 178 valence electrons. The van der Waals surface area contributed by atoms with Gasteiger partial charge in [-0.15, -0.1) is 0 Å². The van der Waals surface area contributed by atoms with E-state index in [1.807, 2.05) is 30.3 Å². The van der Waals surface area contributed by atoms with Crippen molar-refractivity contribution < 1.29 is 18.3 Å². The summed E-state index contributed by atoms with van der Waals surface area (Å²) in [5.41, 5.74) is 2.68. The molecule has 0 saturated carbocycles. The number of rotatable bonds is 8. The molecule has 4 rings (SSSR count). The Kier molecular flexibility index (Phi) is 7.25. The summed E-state index contributed by atoms with van der Waals surface area (Å²) in [5, 5.41) is 2.73. The van der Waals surface area contributed by atoms with E-state index in [9.17, 15) is 18.4 Å². The van der Waals surface area contributed by atoms with E-state index in [0.29, 0.717) is 34.8 Å². The number of carbonyl (C=O) groups is 1. The lowest BCUT2D eigenvalue weighted by molar-refractivity contribution is -0.115. The number of pyridine rings is 1. The van der Waals surface area contributed by atoms with Crippen molar-refractivity contribution in [3.8, 4) is 17.1 Å². The van der Waals surface area contributed by atoms with Crippen molar-refractivity contribution >= 4 is 11.6 Å². The molecule has 9 heteroatoms. The standard InChI is InChI=1S/C26H22F2N4O3/c1-16-21(25(34)32-24(30-16)18-8-5-11-29-15-18)14-23(33)31-20-9-10-22(35-26(27)28)19(13-20)12-17-6-3-2-4-7-17/h2-11,13,15,26H,12,14H2,1H3,(H,31,33)(H,30,32,34). The molecule has 0 unspecified atom stereocenters. The van der Waals surface area contributed by atoms with Gasteiger partial charge in [0.2, 0.25) is 5.91 Å². The Morgan fingerprint density at radius 1 is 1.11 bits per heavy atom. The smallest absolute Gasteiger partial charge is 0.387 e. The predicted octanol–water partition coefficient (Wildman–Crippen LogP) is 4.51. The first-order valence-corrected chi connectivity index (χ1v) is 10.8. The van der Waals surface area contributed by atoms with E-state index in [4.69, 9.17) is 0 Å². The monoisotopic (exact) mass is 476 g/mol. The van der Waals surface area contributed by atoms with Gasteiger partial charge in [-0.1, -0.05) is 30.3 Å². The fourth-order valence-electron chi connectivity index (χ4n) is 3.65. The molecule has 35 heavy (non-hydrogen) atoms. The van der Waals surface area contributed by atoms with E-state index in [2.05, 4.69) is 25.0 Å². The Hall–Kier alpha value is -4.40. The van der Waals surface area contributed by atoms with Crippen LogP contribution in [0.5, 0.6) is 5.75 Å². The van der Waals surface area contributed by atoms with Gasteiger partial charge in [0.1, 0.15) is 11.6 Å². The lowest BCUT2D eigenvalue weighted by atomic mass is 10.0. The van der Waals surface area contributed by atoms with Crippen LogP contribution in [-0.2, 0) is 17.6 Å². The van der Waals surface area contributed by atoms with Crippen LogP contribution in [-0.4, -0.2) is 27.5 Å². The van der Waals surface area contributed by atoms with Gasteiger partial charge in [0.05, 0.1) is 6.42 Å². The van der Waals surface area contributed by atoms with E-state index in [1.165, 1.54) is 12.1 Å². The third-order valence-electron chi connectivity index (χ3n) is 5.29. The zero-order chi connectivity index (χ0) is 24.8. The fraction of sp³-hybridized carbons (Fsp3) is 0.154. The number of hydrogen-bond acceptors (Lipinski definition) is 5. The molecule has 2 aromatic heterocycles. The van der Waals surface area contributed by atoms with Crippen molar-refractivity contribution in [1.29, 1.82) is 0 Å². The molecule has 0 fully saturated rings. The summed E-state index contributed by atoms with van der Waals surface area (Å²) in [6.07, 6.45) is 3.33. The highest BCUT2D eigenvalue weighted by Gasteiger charge is 2.16. The van der Waals surface area contributed by atoms with Gasteiger partial charge < -0.3 is 15.0 Å². The lowest BCUT2D eigenvalue weighted by Gasteiger charge is -2.14. The molecule has 1 amide bonds. The molecule has 0 radical (unpaired) electrons. The second-order valence-corrected chi connectivity index (χ2v) is 7.81. The van der Waals surface area contributed by atoms with Crippen LogP contribution < -0.4 is 15.6 Å². The van der Waals surface area contributed by atoms with E-state index >= 15 is 0 Å². The molecular formula is C26H22F2N4O3. The quantitative estimate of drug-likeness (QED) is 0.390. The average molecular weight is 476 g/mol.